The topological polar surface area (TPSA) is 58.6 Å². The van der Waals surface area contributed by atoms with Crippen LogP contribution in [-0.4, -0.2) is 25.5 Å². The average Bonchev–Trinajstić information content (AvgIpc) is 3.66. The van der Waals surface area contributed by atoms with E-state index in [-0.39, 0.29) is 11.8 Å². The van der Waals surface area contributed by atoms with Gasteiger partial charge in [0.25, 0.3) is 5.91 Å². The summed E-state index contributed by atoms with van der Waals surface area (Å²) < 4.78 is 5.50. The molecule has 3 aromatic carbocycles. The van der Waals surface area contributed by atoms with Crippen molar-refractivity contribution in [3.8, 4) is 5.75 Å². The summed E-state index contributed by atoms with van der Waals surface area (Å²) in [5.74, 6) is 0.701. The van der Waals surface area contributed by atoms with E-state index in [9.17, 15) is 9.59 Å². The van der Waals surface area contributed by atoms with Gasteiger partial charge in [-0.3, -0.25) is 9.59 Å². The smallest absolute Gasteiger partial charge is 0.258 e. The van der Waals surface area contributed by atoms with E-state index >= 15 is 0 Å². The highest BCUT2D eigenvalue weighted by Crippen LogP contribution is 2.52. The Morgan fingerprint density at radius 1 is 0.969 bits per heavy atom. The summed E-state index contributed by atoms with van der Waals surface area (Å²) in [4.78, 5) is 28.3. The molecule has 2 aliphatic rings. The normalized spacial score (nSPS) is 16.1. The van der Waals surface area contributed by atoms with Crippen LogP contribution in [0, 0.1) is 0 Å². The highest BCUT2D eigenvalue weighted by molar-refractivity contribution is 6.07. The summed E-state index contributed by atoms with van der Waals surface area (Å²) in [5.41, 5.74) is 3.76. The Bertz CT molecular complexity index is 1170. The lowest BCUT2D eigenvalue weighted by molar-refractivity contribution is -0.118. The minimum Gasteiger partial charge on any atom is -0.496 e. The molecule has 162 valence electrons. The summed E-state index contributed by atoms with van der Waals surface area (Å²) in [6, 6.07) is 23.0. The number of methoxy groups -OCH3 is 1. The van der Waals surface area contributed by atoms with Gasteiger partial charge in [0.05, 0.1) is 12.5 Å². The van der Waals surface area contributed by atoms with E-state index in [1.807, 2.05) is 77.7 Å². The number of hydrogen-bond donors (Lipinski definition) is 1. The Hall–Kier alpha value is -3.60. The Balaban J connectivity index is 1.42. The number of hydrogen-bond acceptors (Lipinski definition) is 3. The maximum Gasteiger partial charge on any atom is 0.258 e. The average molecular weight is 427 g/mol. The molecule has 0 aromatic heterocycles. The number of benzene rings is 3. The van der Waals surface area contributed by atoms with Crippen LogP contribution in [0.3, 0.4) is 0 Å². The van der Waals surface area contributed by atoms with E-state index in [2.05, 4.69) is 5.32 Å². The molecule has 0 bridgehead atoms. The second kappa shape index (κ2) is 8.15. The Morgan fingerprint density at radius 3 is 2.47 bits per heavy atom. The van der Waals surface area contributed by atoms with Gasteiger partial charge < -0.3 is 15.0 Å². The number of carbonyl (C=O) groups is 2. The van der Waals surface area contributed by atoms with Crippen molar-refractivity contribution in [2.24, 2.45) is 0 Å². The first kappa shape index (κ1) is 20.3. The first-order valence-corrected chi connectivity index (χ1v) is 11.1. The zero-order chi connectivity index (χ0) is 22.1. The zero-order valence-electron chi connectivity index (χ0n) is 18.1. The van der Waals surface area contributed by atoms with E-state index in [1.165, 1.54) is 0 Å². The second-order valence-corrected chi connectivity index (χ2v) is 8.51. The lowest BCUT2D eigenvalue weighted by atomic mass is 9.93. The SMILES string of the molecule is COc1ccccc1C1(C(=O)Nc2ccc3c(c2)N(C(=O)c2ccccc2)CCC3)CC1. The summed E-state index contributed by atoms with van der Waals surface area (Å²) in [5, 5.41) is 3.11. The van der Waals surface area contributed by atoms with Crippen molar-refractivity contribution in [3.05, 3.63) is 89.5 Å². The summed E-state index contributed by atoms with van der Waals surface area (Å²) >= 11 is 0. The Kier molecular flexibility index (Phi) is 5.17. The Labute approximate surface area is 188 Å². The zero-order valence-corrected chi connectivity index (χ0v) is 18.1. The van der Waals surface area contributed by atoms with E-state index in [4.69, 9.17) is 4.74 Å². The Morgan fingerprint density at radius 2 is 1.72 bits per heavy atom. The van der Waals surface area contributed by atoms with Crippen LogP contribution in [0.25, 0.3) is 0 Å². The number of nitrogens with one attached hydrogen (secondary N) is 1. The van der Waals surface area contributed by atoms with Crippen LogP contribution < -0.4 is 15.0 Å². The second-order valence-electron chi connectivity index (χ2n) is 8.51. The molecule has 1 aliphatic carbocycles. The van der Waals surface area contributed by atoms with Crippen LogP contribution in [0.2, 0.25) is 0 Å². The number of ether oxygens (including phenoxy) is 1. The van der Waals surface area contributed by atoms with E-state index in [0.717, 1.165) is 48.2 Å². The predicted octanol–water partition coefficient (Wildman–Crippen LogP) is 4.96. The minimum atomic E-state index is -0.554. The lowest BCUT2D eigenvalue weighted by Crippen LogP contribution is -2.35. The monoisotopic (exact) mass is 426 g/mol. The van der Waals surface area contributed by atoms with Crippen molar-refractivity contribution in [2.75, 3.05) is 23.9 Å². The first-order chi connectivity index (χ1) is 15.6. The van der Waals surface area contributed by atoms with Crippen molar-refractivity contribution in [1.82, 2.24) is 0 Å². The van der Waals surface area contributed by atoms with Crippen molar-refractivity contribution in [2.45, 2.75) is 31.1 Å². The molecule has 0 radical (unpaired) electrons. The van der Waals surface area contributed by atoms with Gasteiger partial charge in [0.2, 0.25) is 5.91 Å². The first-order valence-electron chi connectivity index (χ1n) is 11.1. The number of aryl methyl sites for hydroxylation is 1. The number of anilines is 2. The summed E-state index contributed by atoms with van der Waals surface area (Å²) in [6.07, 6.45) is 3.44. The molecule has 0 saturated heterocycles. The third kappa shape index (κ3) is 3.54. The number of carbonyl (C=O) groups excluding carboxylic acids is 2. The van der Waals surface area contributed by atoms with Gasteiger partial charge in [-0.15, -0.1) is 0 Å². The molecular formula is C27H26N2O3. The van der Waals surface area contributed by atoms with Gasteiger partial charge in [-0.25, -0.2) is 0 Å². The van der Waals surface area contributed by atoms with Crippen LogP contribution in [0.15, 0.2) is 72.8 Å². The van der Waals surface area contributed by atoms with Crippen molar-refractivity contribution in [3.63, 3.8) is 0 Å². The molecule has 0 atom stereocenters. The number of para-hydroxylation sites is 1. The molecule has 1 heterocycles. The number of rotatable bonds is 5. The molecule has 5 heteroatoms. The molecule has 0 spiro atoms. The molecule has 1 saturated carbocycles. The quantitative estimate of drug-likeness (QED) is 0.627. The maximum atomic E-state index is 13.3. The highest BCUT2D eigenvalue weighted by Gasteiger charge is 2.52. The van der Waals surface area contributed by atoms with E-state index in [1.54, 1.807) is 7.11 Å². The van der Waals surface area contributed by atoms with Crippen LogP contribution in [0.4, 0.5) is 11.4 Å². The summed E-state index contributed by atoms with van der Waals surface area (Å²) in [6.45, 7) is 0.670. The fourth-order valence-corrected chi connectivity index (χ4v) is 4.63. The van der Waals surface area contributed by atoms with Crippen LogP contribution >= 0.6 is 0 Å². The molecule has 32 heavy (non-hydrogen) atoms. The van der Waals surface area contributed by atoms with Crippen molar-refractivity contribution < 1.29 is 14.3 Å². The van der Waals surface area contributed by atoms with Crippen molar-refractivity contribution in [1.29, 1.82) is 0 Å². The number of amides is 2. The maximum absolute atomic E-state index is 13.3. The summed E-state index contributed by atoms with van der Waals surface area (Å²) in [7, 11) is 1.63. The molecular weight excluding hydrogens is 400 g/mol. The standard InChI is InChI=1S/C27H26N2O3/c1-32-24-12-6-5-11-22(24)27(15-16-27)26(31)28-21-14-13-19-10-7-17-29(23(19)18-21)25(30)20-8-3-2-4-9-20/h2-6,8-9,11-14,18H,7,10,15-17H2,1H3,(H,28,31). The van der Waals surface area contributed by atoms with Gasteiger partial charge in [0.1, 0.15) is 5.75 Å². The largest absolute Gasteiger partial charge is 0.496 e. The van der Waals surface area contributed by atoms with Gasteiger partial charge in [-0.1, -0.05) is 42.5 Å². The molecule has 1 fully saturated rings. The third-order valence-corrected chi connectivity index (χ3v) is 6.53. The highest BCUT2D eigenvalue weighted by atomic mass is 16.5. The van der Waals surface area contributed by atoms with Crippen molar-refractivity contribution >= 4 is 23.2 Å². The van der Waals surface area contributed by atoms with Gasteiger partial charge in [-0.2, -0.15) is 0 Å². The van der Waals surface area contributed by atoms with Gasteiger partial charge in [0, 0.05) is 29.0 Å². The molecule has 5 rings (SSSR count). The van der Waals surface area contributed by atoms with Crippen LogP contribution in [0.5, 0.6) is 5.75 Å². The molecule has 5 nitrogen and oxygen atoms in total. The number of fused-ring (bicyclic) bond motifs is 1. The van der Waals surface area contributed by atoms with Gasteiger partial charge >= 0.3 is 0 Å². The fraction of sp³-hybridized carbons (Fsp3) is 0.259. The molecule has 3 aromatic rings. The van der Waals surface area contributed by atoms with Gasteiger partial charge in [-0.05, 0) is 61.6 Å². The lowest BCUT2D eigenvalue weighted by Gasteiger charge is -2.30. The third-order valence-electron chi connectivity index (χ3n) is 6.53. The molecule has 1 N–H and O–H groups in total. The fourth-order valence-electron chi connectivity index (χ4n) is 4.63. The molecule has 2 amide bonds. The van der Waals surface area contributed by atoms with E-state index in [0.29, 0.717) is 17.8 Å². The van der Waals surface area contributed by atoms with Gasteiger partial charge in [0.15, 0.2) is 0 Å². The van der Waals surface area contributed by atoms with Crippen LogP contribution in [-0.2, 0) is 16.6 Å². The minimum absolute atomic E-state index is 0.0114. The van der Waals surface area contributed by atoms with E-state index < -0.39 is 5.41 Å². The number of nitrogens with zero attached hydrogens (tertiary/aromatic N) is 1. The predicted molar refractivity (Wildman–Crippen MR) is 125 cm³/mol. The molecule has 1 aliphatic heterocycles. The van der Waals surface area contributed by atoms with Crippen LogP contribution in [0.1, 0.15) is 40.7 Å². The molecule has 0 unspecified atom stereocenters.